The Hall–Kier alpha value is -3.13. The Bertz CT molecular complexity index is 1060. The molecule has 1 aliphatic heterocycles. The van der Waals surface area contributed by atoms with Crippen LogP contribution >= 0.6 is 11.6 Å². The van der Waals surface area contributed by atoms with Crippen LogP contribution in [0.3, 0.4) is 0 Å². The molecule has 160 valence electrons. The molecule has 0 atom stereocenters. The summed E-state index contributed by atoms with van der Waals surface area (Å²) in [4.78, 5) is 16.2. The topological polar surface area (TPSA) is 49.3 Å². The van der Waals surface area contributed by atoms with E-state index in [-0.39, 0.29) is 5.56 Å². The average Bonchev–Trinajstić information content (AvgIpc) is 2.79. The molecule has 1 saturated heterocycles. The second-order valence-electron chi connectivity index (χ2n) is 7.14. The molecule has 0 N–H and O–H groups in total. The Morgan fingerprint density at radius 2 is 1.61 bits per heavy atom. The standard InChI is InChI=1S/C22H18ClF3N4O/c23-18-6-4-15(5-7-18)19-8-9-20(28-27-19)29-10-12-30(13-11-29)21(31)16-2-1-3-17(14-16)22(24,25)26/h1-9,14H,10-13H2. The van der Waals surface area contributed by atoms with Gasteiger partial charge in [-0.25, -0.2) is 0 Å². The van der Waals surface area contributed by atoms with E-state index in [0.717, 1.165) is 23.4 Å². The molecule has 0 radical (unpaired) electrons. The minimum atomic E-state index is -4.48. The Morgan fingerprint density at radius 3 is 2.23 bits per heavy atom. The largest absolute Gasteiger partial charge is 0.416 e. The van der Waals surface area contributed by atoms with Crippen LogP contribution in [0.5, 0.6) is 0 Å². The summed E-state index contributed by atoms with van der Waals surface area (Å²) in [5.74, 6) is 0.277. The quantitative estimate of drug-likeness (QED) is 0.581. The number of nitrogens with zero attached hydrogens (tertiary/aromatic N) is 4. The number of hydrogen-bond acceptors (Lipinski definition) is 4. The van der Waals surface area contributed by atoms with Crippen LogP contribution < -0.4 is 4.90 Å². The predicted octanol–water partition coefficient (Wildman–Crippen LogP) is 4.78. The molecular weight excluding hydrogens is 429 g/mol. The van der Waals surface area contributed by atoms with Crippen molar-refractivity contribution >= 4 is 23.3 Å². The maximum Gasteiger partial charge on any atom is 0.416 e. The zero-order valence-electron chi connectivity index (χ0n) is 16.3. The number of aromatic nitrogens is 2. The molecule has 3 aromatic rings. The fourth-order valence-corrected chi connectivity index (χ4v) is 3.54. The summed E-state index contributed by atoms with van der Waals surface area (Å²) in [6, 6.07) is 15.5. The van der Waals surface area contributed by atoms with Gasteiger partial charge in [0.25, 0.3) is 5.91 Å². The molecule has 1 fully saturated rings. The molecule has 1 aromatic heterocycles. The molecule has 4 rings (SSSR count). The highest BCUT2D eigenvalue weighted by Crippen LogP contribution is 2.30. The summed E-state index contributed by atoms with van der Waals surface area (Å²) in [5, 5.41) is 9.19. The second kappa shape index (κ2) is 8.55. The first-order valence-electron chi connectivity index (χ1n) is 9.62. The molecule has 2 aromatic carbocycles. The summed E-state index contributed by atoms with van der Waals surface area (Å²) in [5.41, 5.74) is 0.835. The molecule has 0 unspecified atom stereocenters. The van der Waals surface area contributed by atoms with Crippen LogP contribution in [0, 0.1) is 0 Å². The SMILES string of the molecule is O=C(c1cccc(C(F)(F)F)c1)N1CCN(c2ccc(-c3ccc(Cl)cc3)nn2)CC1. The van der Waals surface area contributed by atoms with Crippen molar-refractivity contribution in [2.75, 3.05) is 31.1 Å². The van der Waals surface area contributed by atoms with E-state index in [1.807, 2.05) is 29.2 Å². The Morgan fingerprint density at radius 1 is 0.903 bits per heavy atom. The van der Waals surface area contributed by atoms with Crippen LogP contribution in [-0.2, 0) is 6.18 Å². The average molecular weight is 447 g/mol. The summed E-state index contributed by atoms with van der Waals surface area (Å²) in [7, 11) is 0. The highest BCUT2D eigenvalue weighted by atomic mass is 35.5. The van der Waals surface area contributed by atoms with Crippen LogP contribution in [0.1, 0.15) is 15.9 Å². The summed E-state index contributed by atoms with van der Waals surface area (Å²) < 4.78 is 38.7. The lowest BCUT2D eigenvalue weighted by Crippen LogP contribution is -2.49. The van der Waals surface area contributed by atoms with Gasteiger partial charge in [0, 0.05) is 42.3 Å². The van der Waals surface area contributed by atoms with Crippen molar-refractivity contribution in [2.24, 2.45) is 0 Å². The number of anilines is 1. The molecule has 9 heteroatoms. The van der Waals surface area contributed by atoms with E-state index in [2.05, 4.69) is 10.2 Å². The maximum atomic E-state index is 12.9. The number of carbonyl (C=O) groups excluding carboxylic acids is 1. The molecule has 0 bridgehead atoms. The number of alkyl halides is 3. The van der Waals surface area contributed by atoms with Crippen LogP contribution in [-0.4, -0.2) is 47.2 Å². The van der Waals surface area contributed by atoms with E-state index in [0.29, 0.717) is 37.0 Å². The monoisotopic (exact) mass is 446 g/mol. The van der Waals surface area contributed by atoms with Crippen molar-refractivity contribution in [1.82, 2.24) is 15.1 Å². The normalized spacial score (nSPS) is 14.6. The van der Waals surface area contributed by atoms with E-state index >= 15 is 0 Å². The van der Waals surface area contributed by atoms with E-state index in [9.17, 15) is 18.0 Å². The van der Waals surface area contributed by atoms with Gasteiger partial charge in [-0.15, -0.1) is 10.2 Å². The molecule has 0 aliphatic carbocycles. The van der Waals surface area contributed by atoms with Crippen LogP contribution in [0.25, 0.3) is 11.3 Å². The van der Waals surface area contributed by atoms with Crippen molar-refractivity contribution < 1.29 is 18.0 Å². The van der Waals surface area contributed by atoms with Gasteiger partial charge in [0.1, 0.15) is 0 Å². The lowest BCUT2D eigenvalue weighted by atomic mass is 10.1. The number of amides is 1. The van der Waals surface area contributed by atoms with Gasteiger partial charge in [-0.05, 0) is 42.5 Å². The lowest BCUT2D eigenvalue weighted by Gasteiger charge is -2.35. The third-order valence-electron chi connectivity index (χ3n) is 5.12. The van der Waals surface area contributed by atoms with Gasteiger partial charge in [0.2, 0.25) is 0 Å². The number of halogens is 4. The zero-order valence-corrected chi connectivity index (χ0v) is 17.1. The van der Waals surface area contributed by atoms with E-state index < -0.39 is 17.6 Å². The summed E-state index contributed by atoms with van der Waals surface area (Å²) >= 11 is 5.91. The van der Waals surface area contributed by atoms with Crippen LogP contribution in [0.4, 0.5) is 19.0 Å². The van der Waals surface area contributed by atoms with E-state index in [1.165, 1.54) is 12.1 Å². The lowest BCUT2D eigenvalue weighted by molar-refractivity contribution is -0.137. The number of piperazine rings is 1. The number of hydrogen-bond donors (Lipinski definition) is 0. The minimum Gasteiger partial charge on any atom is -0.352 e. The molecular formula is C22H18ClF3N4O. The molecule has 5 nitrogen and oxygen atoms in total. The minimum absolute atomic E-state index is 0.0374. The van der Waals surface area contributed by atoms with Gasteiger partial charge < -0.3 is 9.80 Å². The molecule has 2 heterocycles. The van der Waals surface area contributed by atoms with Crippen LogP contribution in [0.2, 0.25) is 5.02 Å². The van der Waals surface area contributed by atoms with Gasteiger partial charge >= 0.3 is 6.18 Å². The zero-order chi connectivity index (χ0) is 22.0. The Labute approximate surface area is 182 Å². The third kappa shape index (κ3) is 4.80. The smallest absolute Gasteiger partial charge is 0.352 e. The Balaban J connectivity index is 1.39. The van der Waals surface area contributed by atoms with Gasteiger partial charge in [0.05, 0.1) is 11.3 Å². The number of carbonyl (C=O) groups is 1. The van der Waals surface area contributed by atoms with Crippen molar-refractivity contribution in [3.8, 4) is 11.3 Å². The van der Waals surface area contributed by atoms with Crippen molar-refractivity contribution in [3.05, 3.63) is 76.8 Å². The molecule has 0 saturated carbocycles. The molecule has 1 aliphatic rings. The number of benzene rings is 2. The van der Waals surface area contributed by atoms with E-state index in [4.69, 9.17) is 11.6 Å². The summed E-state index contributed by atoms with van der Waals surface area (Å²) in [6.45, 7) is 1.80. The van der Waals surface area contributed by atoms with Crippen LogP contribution in [0.15, 0.2) is 60.7 Å². The maximum absolute atomic E-state index is 12.9. The highest BCUT2D eigenvalue weighted by molar-refractivity contribution is 6.30. The predicted molar refractivity (Wildman–Crippen MR) is 112 cm³/mol. The first-order valence-corrected chi connectivity index (χ1v) is 10.0. The fraction of sp³-hybridized carbons (Fsp3) is 0.227. The Kier molecular flexibility index (Phi) is 5.82. The second-order valence-corrected chi connectivity index (χ2v) is 7.58. The third-order valence-corrected chi connectivity index (χ3v) is 5.37. The van der Waals surface area contributed by atoms with Gasteiger partial charge in [-0.1, -0.05) is 29.8 Å². The summed E-state index contributed by atoms with van der Waals surface area (Å²) in [6.07, 6.45) is -4.48. The van der Waals surface area contributed by atoms with Gasteiger partial charge in [-0.2, -0.15) is 13.2 Å². The fourth-order valence-electron chi connectivity index (χ4n) is 3.42. The first kappa shape index (κ1) is 21.1. The van der Waals surface area contributed by atoms with Gasteiger partial charge in [-0.3, -0.25) is 4.79 Å². The highest BCUT2D eigenvalue weighted by Gasteiger charge is 2.31. The molecule has 0 spiro atoms. The van der Waals surface area contributed by atoms with Crippen molar-refractivity contribution in [3.63, 3.8) is 0 Å². The molecule has 31 heavy (non-hydrogen) atoms. The van der Waals surface area contributed by atoms with Gasteiger partial charge in [0.15, 0.2) is 5.82 Å². The first-order chi connectivity index (χ1) is 14.8. The van der Waals surface area contributed by atoms with Crippen molar-refractivity contribution in [1.29, 1.82) is 0 Å². The van der Waals surface area contributed by atoms with E-state index in [1.54, 1.807) is 17.0 Å². The number of rotatable bonds is 3. The van der Waals surface area contributed by atoms with Crippen molar-refractivity contribution in [2.45, 2.75) is 6.18 Å². The molecule has 1 amide bonds.